The van der Waals surface area contributed by atoms with Crippen LogP contribution in [0, 0.1) is 10.1 Å². The van der Waals surface area contributed by atoms with Gasteiger partial charge in [-0.3, -0.25) is 14.9 Å². The number of hydrogen-bond donors (Lipinski definition) is 1. The van der Waals surface area contributed by atoms with E-state index in [1.54, 1.807) is 18.3 Å². The molecule has 6 aromatic rings. The van der Waals surface area contributed by atoms with Crippen LogP contribution in [0.15, 0.2) is 139 Å². The average Bonchev–Trinajstić information content (AvgIpc) is 3.41. The zero-order valence-corrected chi connectivity index (χ0v) is 22.6. The summed E-state index contributed by atoms with van der Waals surface area (Å²) < 4.78 is 2.06. The second kappa shape index (κ2) is 11.7. The number of fused-ring (bicyclic) bond motifs is 1. The third-order valence-electron chi connectivity index (χ3n) is 7.09. The second-order valence-corrected chi connectivity index (χ2v) is 9.78. The van der Waals surface area contributed by atoms with Crippen LogP contribution in [0.2, 0.25) is 0 Å². The molecule has 0 atom stereocenters. The molecule has 0 aliphatic carbocycles. The van der Waals surface area contributed by atoms with E-state index in [-0.39, 0.29) is 18.0 Å². The topological polar surface area (TPSA) is 89.5 Å². The van der Waals surface area contributed by atoms with Gasteiger partial charge in [0.25, 0.3) is 5.69 Å². The molecule has 42 heavy (non-hydrogen) atoms. The monoisotopic (exact) mass is 550 g/mol. The largest absolute Gasteiger partial charge is 0.309 e. The number of carbonyl (C=O) groups excluding carboxylic acids is 1. The van der Waals surface area contributed by atoms with Crippen molar-refractivity contribution in [3.8, 4) is 28.2 Å². The van der Waals surface area contributed by atoms with Crippen LogP contribution in [0.3, 0.4) is 0 Å². The lowest BCUT2D eigenvalue weighted by Crippen LogP contribution is -2.19. The number of rotatable bonds is 8. The number of aromatic nitrogens is 1. The fourth-order valence-corrected chi connectivity index (χ4v) is 5.17. The van der Waals surface area contributed by atoms with E-state index < -0.39 is 4.92 Å². The lowest BCUT2D eigenvalue weighted by molar-refractivity contribution is -0.384. The number of hydrazone groups is 1. The second-order valence-electron chi connectivity index (χ2n) is 9.78. The Kier molecular flexibility index (Phi) is 7.38. The van der Waals surface area contributed by atoms with E-state index in [2.05, 4.69) is 15.1 Å². The fourth-order valence-electron chi connectivity index (χ4n) is 5.17. The summed E-state index contributed by atoms with van der Waals surface area (Å²) in [7, 11) is 0. The first-order valence-electron chi connectivity index (χ1n) is 13.5. The Bertz CT molecular complexity index is 1910. The van der Waals surface area contributed by atoms with E-state index in [0.29, 0.717) is 0 Å². The third-order valence-corrected chi connectivity index (χ3v) is 7.09. The predicted molar refractivity (Wildman–Crippen MR) is 167 cm³/mol. The van der Waals surface area contributed by atoms with Crippen molar-refractivity contribution in [1.29, 1.82) is 0 Å². The minimum absolute atomic E-state index is 0.0177. The summed E-state index contributed by atoms with van der Waals surface area (Å²) in [6, 6.07) is 42.2. The van der Waals surface area contributed by atoms with Crippen LogP contribution in [0.5, 0.6) is 0 Å². The van der Waals surface area contributed by atoms with Gasteiger partial charge in [0, 0.05) is 23.4 Å². The minimum Gasteiger partial charge on any atom is -0.309 e. The molecule has 1 aromatic heterocycles. The maximum absolute atomic E-state index is 12.9. The van der Waals surface area contributed by atoms with E-state index in [9.17, 15) is 14.9 Å². The van der Waals surface area contributed by atoms with Crippen LogP contribution in [0.4, 0.5) is 5.69 Å². The van der Waals surface area contributed by atoms with Gasteiger partial charge in [0.2, 0.25) is 5.91 Å². The molecule has 1 amide bonds. The Morgan fingerprint density at radius 2 is 1.43 bits per heavy atom. The summed E-state index contributed by atoms with van der Waals surface area (Å²) >= 11 is 0. The van der Waals surface area contributed by atoms with Crippen molar-refractivity contribution in [3.05, 3.63) is 155 Å². The molecule has 0 aliphatic rings. The lowest BCUT2D eigenvalue weighted by atomic mass is 10.0. The Labute approximate surface area is 242 Å². The zero-order valence-electron chi connectivity index (χ0n) is 22.6. The predicted octanol–water partition coefficient (Wildman–Crippen LogP) is 7.57. The van der Waals surface area contributed by atoms with Crippen molar-refractivity contribution in [3.63, 3.8) is 0 Å². The van der Waals surface area contributed by atoms with Crippen molar-refractivity contribution in [2.24, 2.45) is 5.10 Å². The van der Waals surface area contributed by atoms with Gasteiger partial charge in [-0.25, -0.2) is 5.43 Å². The highest BCUT2D eigenvalue weighted by Crippen LogP contribution is 2.35. The SMILES string of the molecule is O=C(Cc1cccc2ccccc12)N/N=C\c1cc(-c2ccccc2)n(-c2ccc([N+](=O)[O-])cc2)c1-c1ccccc1. The van der Waals surface area contributed by atoms with Gasteiger partial charge in [-0.15, -0.1) is 0 Å². The van der Waals surface area contributed by atoms with Crippen LogP contribution in [-0.4, -0.2) is 21.6 Å². The molecule has 0 saturated heterocycles. The molecular formula is C35H26N4O3. The van der Waals surface area contributed by atoms with Gasteiger partial charge in [-0.05, 0) is 45.7 Å². The number of nitro benzene ring substituents is 1. The number of nitrogens with zero attached hydrogens (tertiary/aromatic N) is 3. The number of carbonyl (C=O) groups is 1. The Morgan fingerprint density at radius 3 is 2.14 bits per heavy atom. The van der Waals surface area contributed by atoms with Crippen molar-refractivity contribution in [2.45, 2.75) is 6.42 Å². The van der Waals surface area contributed by atoms with E-state index >= 15 is 0 Å². The van der Waals surface area contributed by atoms with Gasteiger partial charge in [0.05, 0.1) is 28.9 Å². The molecule has 0 bridgehead atoms. The quantitative estimate of drug-likeness (QED) is 0.120. The average molecular weight is 551 g/mol. The molecule has 1 N–H and O–H groups in total. The van der Waals surface area contributed by atoms with E-state index in [0.717, 1.165) is 50.1 Å². The van der Waals surface area contributed by atoms with Crippen molar-refractivity contribution >= 4 is 28.6 Å². The Morgan fingerprint density at radius 1 is 0.786 bits per heavy atom. The van der Waals surface area contributed by atoms with E-state index in [1.165, 1.54) is 12.1 Å². The number of benzene rings is 5. The first kappa shape index (κ1) is 26.4. The molecular weight excluding hydrogens is 524 g/mol. The molecule has 204 valence electrons. The highest BCUT2D eigenvalue weighted by molar-refractivity contribution is 5.95. The maximum Gasteiger partial charge on any atom is 0.269 e. The van der Waals surface area contributed by atoms with Crippen LogP contribution >= 0.6 is 0 Å². The number of amides is 1. The van der Waals surface area contributed by atoms with Crippen LogP contribution in [-0.2, 0) is 11.2 Å². The maximum atomic E-state index is 12.9. The van der Waals surface area contributed by atoms with Gasteiger partial charge in [0.1, 0.15) is 0 Å². The van der Waals surface area contributed by atoms with Crippen molar-refractivity contribution in [2.75, 3.05) is 0 Å². The molecule has 1 heterocycles. The minimum atomic E-state index is -0.408. The van der Waals surface area contributed by atoms with Crippen LogP contribution < -0.4 is 5.43 Å². The molecule has 0 spiro atoms. The first-order chi connectivity index (χ1) is 20.6. The van der Waals surface area contributed by atoms with Crippen LogP contribution in [0.1, 0.15) is 11.1 Å². The molecule has 0 unspecified atom stereocenters. The smallest absolute Gasteiger partial charge is 0.269 e. The third kappa shape index (κ3) is 5.44. The van der Waals surface area contributed by atoms with Gasteiger partial charge >= 0.3 is 0 Å². The zero-order chi connectivity index (χ0) is 28.9. The molecule has 5 aromatic carbocycles. The molecule has 0 radical (unpaired) electrons. The van der Waals surface area contributed by atoms with E-state index in [4.69, 9.17) is 0 Å². The normalized spacial score (nSPS) is 11.1. The summed E-state index contributed by atoms with van der Waals surface area (Å²) in [6.07, 6.45) is 1.85. The molecule has 0 fully saturated rings. The number of hydrogen-bond acceptors (Lipinski definition) is 4. The van der Waals surface area contributed by atoms with Crippen LogP contribution in [0.25, 0.3) is 39.0 Å². The molecule has 7 nitrogen and oxygen atoms in total. The standard InChI is InChI=1S/C35H26N4O3/c40-34(23-28-16-9-15-25-10-7-8-17-32(25)28)37-36-24-29-22-33(26-11-3-1-4-12-26)38(35(29)27-13-5-2-6-14-27)30-18-20-31(21-19-30)39(41)42/h1-22,24H,23H2,(H,37,40)/b36-24-. The molecule has 0 aliphatic heterocycles. The fraction of sp³-hybridized carbons (Fsp3) is 0.0286. The summed E-state index contributed by atoms with van der Waals surface area (Å²) in [5.74, 6) is -0.220. The number of nitrogens with one attached hydrogen (secondary N) is 1. The lowest BCUT2D eigenvalue weighted by Gasteiger charge is -2.15. The first-order valence-corrected chi connectivity index (χ1v) is 13.5. The van der Waals surface area contributed by atoms with Gasteiger partial charge in [-0.1, -0.05) is 103 Å². The Balaban J connectivity index is 1.39. The summed E-state index contributed by atoms with van der Waals surface area (Å²) in [4.78, 5) is 23.8. The van der Waals surface area contributed by atoms with Crippen molar-refractivity contribution in [1.82, 2.24) is 9.99 Å². The molecule has 6 rings (SSSR count). The molecule has 0 saturated carbocycles. The summed E-state index contributed by atoms with van der Waals surface area (Å²) in [5, 5.41) is 17.8. The highest BCUT2D eigenvalue weighted by atomic mass is 16.6. The summed E-state index contributed by atoms with van der Waals surface area (Å²) in [5.41, 5.74) is 8.81. The number of nitro groups is 1. The Hall–Kier alpha value is -5.82. The number of non-ortho nitro benzene ring substituents is 1. The highest BCUT2D eigenvalue weighted by Gasteiger charge is 2.19. The van der Waals surface area contributed by atoms with E-state index in [1.807, 2.05) is 109 Å². The molecule has 7 heteroatoms. The van der Waals surface area contributed by atoms with Gasteiger partial charge in [-0.2, -0.15) is 5.10 Å². The van der Waals surface area contributed by atoms with Gasteiger partial charge in [0.15, 0.2) is 0 Å². The summed E-state index contributed by atoms with van der Waals surface area (Å²) in [6.45, 7) is 0. The van der Waals surface area contributed by atoms with Gasteiger partial charge < -0.3 is 4.57 Å². The van der Waals surface area contributed by atoms with Crippen molar-refractivity contribution < 1.29 is 9.72 Å².